The average Bonchev–Trinajstić information content (AvgIpc) is 2.90. The number of nitrogens with zero attached hydrogens (tertiary/aromatic N) is 2. The fourth-order valence-corrected chi connectivity index (χ4v) is 6.31. The SMILES string of the molecule is Cc1nn(C)c(CC(CCl)(CCl)C2CCS(=O)(=O)C2)c1Br. The monoisotopic (exact) mass is 416 g/mol. The van der Waals surface area contributed by atoms with Crippen LogP contribution in [0.3, 0.4) is 0 Å². The second kappa shape index (κ2) is 6.38. The van der Waals surface area contributed by atoms with Crippen molar-refractivity contribution in [3.8, 4) is 0 Å². The van der Waals surface area contributed by atoms with Gasteiger partial charge in [-0.25, -0.2) is 8.42 Å². The second-order valence-corrected chi connectivity index (χ2v) is 9.43. The van der Waals surface area contributed by atoms with E-state index < -0.39 is 15.3 Å². The first-order valence-electron chi connectivity index (χ1n) is 6.75. The molecular formula is C13H19BrCl2N2O2S. The summed E-state index contributed by atoms with van der Waals surface area (Å²) in [6, 6.07) is 0. The van der Waals surface area contributed by atoms with E-state index >= 15 is 0 Å². The summed E-state index contributed by atoms with van der Waals surface area (Å²) in [5, 5.41) is 4.38. The van der Waals surface area contributed by atoms with Crippen molar-refractivity contribution >= 4 is 49.0 Å². The zero-order valence-electron chi connectivity index (χ0n) is 12.1. The predicted molar refractivity (Wildman–Crippen MR) is 90.0 cm³/mol. The van der Waals surface area contributed by atoms with Gasteiger partial charge in [-0.1, -0.05) is 0 Å². The van der Waals surface area contributed by atoms with Gasteiger partial charge in [-0.2, -0.15) is 5.10 Å². The van der Waals surface area contributed by atoms with Crippen molar-refractivity contribution in [2.45, 2.75) is 19.8 Å². The maximum absolute atomic E-state index is 11.8. The van der Waals surface area contributed by atoms with Gasteiger partial charge in [0, 0.05) is 24.2 Å². The van der Waals surface area contributed by atoms with Crippen LogP contribution >= 0.6 is 39.1 Å². The number of hydrogen-bond donors (Lipinski definition) is 0. The molecule has 0 aromatic carbocycles. The summed E-state index contributed by atoms with van der Waals surface area (Å²) in [5.74, 6) is 1.10. The van der Waals surface area contributed by atoms with Crippen LogP contribution in [0.5, 0.6) is 0 Å². The topological polar surface area (TPSA) is 52.0 Å². The van der Waals surface area contributed by atoms with Gasteiger partial charge in [0.15, 0.2) is 9.84 Å². The molecule has 1 unspecified atom stereocenters. The molecule has 2 heterocycles. The number of aromatic nitrogens is 2. The minimum atomic E-state index is -2.96. The van der Waals surface area contributed by atoms with E-state index in [-0.39, 0.29) is 17.4 Å². The van der Waals surface area contributed by atoms with Gasteiger partial charge in [-0.05, 0) is 41.6 Å². The van der Waals surface area contributed by atoms with Crippen LogP contribution in [0, 0.1) is 18.3 Å². The van der Waals surface area contributed by atoms with Gasteiger partial charge < -0.3 is 0 Å². The number of aryl methyl sites for hydroxylation is 2. The molecule has 1 aliphatic heterocycles. The van der Waals surface area contributed by atoms with Crippen molar-refractivity contribution in [3.05, 3.63) is 15.9 Å². The van der Waals surface area contributed by atoms with Crippen LogP contribution in [-0.2, 0) is 23.3 Å². The van der Waals surface area contributed by atoms with Crippen LogP contribution < -0.4 is 0 Å². The average molecular weight is 418 g/mol. The molecule has 2 rings (SSSR count). The molecule has 8 heteroatoms. The molecule has 0 radical (unpaired) electrons. The molecule has 0 bridgehead atoms. The molecule has 4 nitrogen and oxygen atoms in total. The number of alkyl halides is 2. The van der Waals surface area contributed by atoms with Crippen molar-refractivity contribution in [1.82, 2.24) is 9.78 Å². The van der Waals surface area contributed by atoms with Gasteiger partial charge in [0.25, 0.3) is 0 Å². The van der Waals surface area contributed by atoms with Crippen molar-refractivity contribution < 1.29 is 8.42 Å². The largest absolute Gasteiger partial charge is 0.271 e. The standard InChI is InChI=1S/C13H19BrCl2N2O2S/c1-9-12(14)11(18(2)17-9)5-13(7-15,8-16)10-3-4-21(19,20)6-10/h10H,3-8H2,1-2H3. The molecule has 0 aliphatic carbocycles. The van der Waals surface area contributed by atoms with Crippen molar-refractivity contribution in [3.63, 3.8) is 0 Å². The van der Waals surface area contributed by atoms with E-state index in [0.29, 0.717) is 24.6 Å². The summed E-state index contributed by atoms with van der Waals surface area (Å²) in [5.41, 5.74) is 1.50. The Kier molecular flexibility index (Phi) is 5.34. The van der Waals surface area contributed by atoms with E-state index in [1.54, 1.807) is 0 Å². The molecule has 1 aromatic heterocycles. The first-order chi connectivity index (χ1) is 9.74. The fourth-order valence-electron chi connectivity index (χ4n) is 2.98. The molecular weight excluding hydrogens is 399 g/mol. The molecule has 1 aliphatic rings. The third kappa shape index (κ3) is 3.43. The molecule has 0 spiro atoms. The highest BCUT2D eigenvalue weighted by molar-refractivity contribution is 9.10. The van der Waals surface area contributed by atoms with Crippen LogP contribution in [-0.4, -0.2) is 41.5 Å². The maximum atomic E-state index is 11.8. The lowest BCUT2D eigenvalue weighted by Gasteiger charge is -2.35. The van der Waals surface area contributed by atoms with E-state index in [9.17, 15) is 8.42 Å². The highest BCUT2D eigenvalue weighted by atomic mass is 79.9. The first-order valence-corrected chi connectivity index (χ1v) is 10.4. The minimum Gasteiger partial charge on any atom is -0.271 e. The number of sulfone groups is 1. The number of halogens is 3. The lowest BCUT2D eigenvalue weighted by molar-refractivity contribution is 0.239. The molecule has 1 aromatic rings. The third-order valence-electron chi connectivity index (χ3n) is 4.41. The summed E-state index contributed by atoms with van der Waals surface area (Å²) in [4.78, 5) is 0. The van der Waals surface area contributed by atoms with E-state index in [0.717, 1.165) is 15.9 Å². The summed E-state index contributed by atoms with van der Waals surface area (Å²) in [6.07, 6.45) is 1.26. The van der Waals surface area contributed by atoms with Crippen LogP contribution in [0.25, 0.3) is 0 Å². The number of rotatable bonds is 5. The second-order valence-electron chi connectivity index (χ2n) is 5.88. The van der Waals surface area contributed by atoms with Crippen molar-refractivity contribution in [2.75, 3.05) is 23.3 Å². The molecule has 21 heavy (non-hydrogen) atoms. The summed E-state index contributed by atoms with van der Waals surface area (Å²) >= 11 is 16.0. The zero-order chi connectivity index (χ0) is 15.8. The lowest BCUT2D eigenvalue weighted by atomic mass is 9.74. The molecule has 1 fully saturated rings. The summed E-state index contributed by atoms with van der Waals surface area (Å²) in [7, 11) is -1.08. The van der Waals surface area contributed by atoms with Gasteiger partial charge in [-0.3, -0.25) is 4.68 Å². The zero-order valence-corrected chi connectivity index (χ0v) is 16.0. The van der Waals surface area contributed by atoms with Crippen LogP contribution in [0.2, 0.25) is 0 Å². The Morgan fingerprint density at radius 1 is 1.43 bits per heavy atom. The van der Waals surface area contributed by atoms with E-state index in [1.165, 1.54) is 0 Å². The van der Waals surface area contributed by atoms with Crippen molar-refractivity contribution in [1.29, 1.82) is 0 Å². The van der Waals surface area contributed by atoms with Gasteiger partial charge >= 0.3 is 0 Å². The Labute approximate surface area is 144 Å². The lowest BCUT2D eigenvalue weighted by Crippen LogP contribution is -2.38. The van der Waals surface area contributed by atoms with Gasteiger partial charge in [-0.15, -0.1) is 23.2 Å². The Hall–Kier alpha value is 0.220. The van der Waals surface area contributed by atoms with Gasteiger partial charge in [0.1, 0.15) is 0 Å². The highest BCUT2D eigenvalue weighted by Crippen LogP contribution is 2.42. The fraction of sp³-hybridized carbons (Fsp3) is 0.769. The molecule has 1 atom stereocenters. The molecule has 1 saturated heterocycles. The van der Waals surface area contributed by atoms with Crippen LogP contribution in [0.15, 0.2) is 4.47 Å². The first kappa shape index (κ1) is 17.6. The van der Waals surface area contributed by atoms with Crippen LogP contribution in [0.4, 0.5) is 0 Å². The van der Waals surface area contributed by atoms with Gasteiger partial charge in [0.05, 0.1) is 27.4 Å². The Balaban J connectivity index is 2.35. The van der Waals surface area contributed by atoms with E-state index in [4.69, 9.17) is 23.2 Å². The molecule has 120 valence electrons. The van der Waals surface area contributed by atoms with Crippen molar-refractivity contribution in [2.24, 2.45) is 18.4 Å². The third-order valence-corrected chi connectivity index (χ3v) is 8.28. The number of hydrogen-bond acceptors (Lipinski definition) is 3. The quantitative estimate of drug-likeness (QED) is 0.692. The molecule has 0 saturated carbocycles. The van der Waals surface area contributed by atoms with Crippen LogP contribution in [0.1, 0.15) is 17.8 Å². The Morgan fingerprint density at radius 3 is 2.43 bits per heavy atom. The predicted octanol–water partition coefficient (Wildman–Crippen LogP) is 2.93. The Morgan fingerprint density at radius 2 is 2.05 bits per heavy atom. The van der Waals surface area contributed by atoms with Gasteiger partial charge in [0.2, 0.25) is 0 Å². The summed E-state index contributed by atoms with van der Waals surface area (Å²) in [6.45, 7) is 1.93. The highest BCUT2D eigenvalue weighted by Gasteiger charge is 2.44. The minimum absolute atomic E-state index is 0.000365. The smallest absolute Gasteiger partial charge is 0.150 e. The van der Waals surface area contributed by atoms with E-state index in [1.807, 2.05) is 18.7 Å². The molecule has 0 N–H and O–H groups in total. The Bertz CT molecular complexity index is 626. The van der Waals surface area contributed by atoms with E-state index in [2.05, 4.69) is 21.0 Å². The summed E-state index contributed by atoms with van der Waals surface area (Å²) < 4.78 is 26.4. The normalized spacial score (nSPS) is 21.9. The molecule has 0 amide bonds. The maximum Gasteiger partial charge on any atom is 0.150 e.